The molecule has 0 aliphatic carbocycles. The average molecular weight is 277 g/mol. The van der Waals surface area contributed by atoms with Crippen LogP contribution in [0.15, 0.2) is 18.2 Å². The largest absolute Gasteiger partial charge is 0.490 e. The van der Waals surface area contributed by atoms with Crippen molar-refractivity contribution in [1.29, 1.82) is 0 Å². The van der Waals surface area contributed by atoms with Gasteiger partial charge in [-0.2, -0.15) is 0 Å². The number of unbranched alkanes of at least 4 members (excludes halogenated alkanes) is 3. The quantitative estimate of drug-likeness (QED) is 0.615. The van der Waals surface area contributed by atoms with E-state index in [1.54, 1.807) is 0 Å². The zero-order valence-corrected chi connectivity index (χ0v) is 11.9. The van der Waals surface area contributed by atoms with Gasteiger partial charge in [-0.1, -0.05) is 12.8 Å². The molecule has 0 bridgehead atoms. The van der Waals surface area contributed by atoms with Crippen molar-refractivity contribution in [1.82, 2.24) is 0 Å². The molecule has 0 unspecified atom stereocenters. The van der Waals surface area contributed by atoms with Crippen LogP contribution in [-0.2, 0) is 0 Å². The number of hydrogen-bond acceptors (Lipinski definition) is 4. The number of benzene rings is 1. The predicted molar refractivity (Wildman–Crippen MR) is 78.5 cm³/mol. The van der Waals surface area contributed by atoms with Gasteiger partial charge in [-0.05, 0) is 37.6 Å². The predicted octanol–water partition coefficient (Wildman–Crippen LogP) is 2.94. The Labute approximate surface area is 120 Å². The van der Waals surface area contributed by atoms with Gasteiger partial charge in [0.1, 0.15) is 0 Å². The van der Waals surface area contributed by atoms with Gasteiger partial charge in [0.25, 0.3) is 0 Å². The first-order chi connectivity index (χ1) is 9.81. The first-order valence-corrected chi connectivity index (χ1v) is 7.44. The van der Waals surface area contributed by atoms with Crippen LogP contribution >= 0.6 is 0 Å². The summed E-state index contributed by atoms with van der Waals surface area (Å²) >= 11 is 0. The monoisotopic (exact) mass is 277 g/mol. The lowest BCUT2D eigenvalue weighted by Crippen LogP contribution is -2.01. The molecule has 1 aromatic carbocycles. The summed E-state index contributed by atoms with van der Waals surface area (Å²) in [5.74, 6) is 1.60. The summed E-state index contributed by atoms with van der Waals surface area (Å²) in [6.45, 7) is 2.04. The van der Waals surface area contributed by atoms with Crippen molar-refractivity contribution in [3.63, 3.8) is 0 Å². The molecule has 4 heteroatoms. The number of carbonyl (C=O) groups excluding carboxylic acids is 1. The van der Waals surface area contributed by atoms with Crippen molar-refractivity contribution >= 4 is 5.78 Å². The normalized spacial score (nSPS) is 13.8. The lowest BCUT2D eigenvalue weighted by Gasteiger charge is -2.08. The van der Waals surface area contributed by atoms with E-state index in [1.165, 1.54) is 0 Å². The lowest BCUT2D eigenvalue weighted by atomic mass is 10.0. The smallest absolute Gasteiger partial charge is 0.163 e. The molecule has 0 radical (unpaired) electrons. The number of ether oxygens (including phenoxy) is 2. The minimum Gasteiger partial charge on any atom is -0.490 e. The van der Waals surface area contributed by atoms with Gasteiger partial charge in [0.15, 0.2) is 17.3 Å². The Morgan fingerprint density at radius 1 is 1.05 bits per heavy atom. The van der Waals surface area contributed by atoms with Gasteiger partial charge >= 0.3 is 0 Å². The summed E-state index contributed by atoms with van der Waals surface area (Å²) < 4.78 is 11.2. The summed E-state index contributed by atoms with van der Waals surface area (Å²) in [4.78, 5) is 12.1. The standard InChI is InChI=1S/C16H23NO3/c17-9-4-2-1-3-6-14(18)13-7-8-15-16(12-13)20-11-5-10-19-15/h7-8,12H,1-6,9-11,17H2. The zero-order valence-electron chi connectivity index (χ0n) is 11.9. The molecule has 2 N–H and O–H groups in total. The van der Waals surface area contributed by atoms with Crippen LogP contribution in [-0.4, -0.2) is 25.5 Å². The van der Waals surface area contributed by atoms with Crippen LogP contribution in [0.3, 0.4) is 0 Å². The molecular weight excluding hydrogens is 254 g/mol. The number of nitrogens with two attached hydrogens (primary N) is 1. The maximum absolute atomic E-state index is 12.1. The van der Waals surface area contributed by atoms with Crippen molar-refractivity contribution in [3.05, 3.63) is 23.8 Å². The molecule has 0 spiro atoms. The number of fused-ring (bicyclic) bond motifs is 1. The van der Waals surface area contributed by atoms with Gasteiger partial charge in [0.2, 0.25) is 0 Å². The number of rotatable bonds is 7. The van der Waals surface area contributed by atoms with Crippen LogP contribution in [0.4, 0.5) is 0 Å². The molecule has 1 aliphatic heterocycles. The maximum atomic E-state index is 12.1. The van der Waals surface area contributed by atoms with E-state index in [-0.39, 0.29) is 5.78 Å². The Kier molecular flexibility index (Phi) is 5.87. The van der Waals surface area contributed by atoms with E-state index in [0.717, 1.165) is 44.4 Å². The fourth-order valence-corrected chi connectivity index (χ4v) is 2.26. The van der Waals surface area contributed by atoms with Gasteiger partial charge < -0.3 is 15.2 Å². The molecule has 0 saturated carbocycles. The molecule has 0 fully saturated rings. The second kappa shape index (κ2) is 7.90. The number of hydrogen-bond donors (Lipinski definition) is 1. The van der Waals surface area contributed by atoms with Crippen LogP contribution in [0.1, 0.15) is 48.9 Å². The van der Waals surface area contributed by atoms with Crippen molar-refractivity contribution in [2.75, 3.05) is 19.8 Å². The fourth-order valence-electron chi connectivity index (χ4n) is 2.26. The summed E-state index contributed by atoms with van der Waals surface area (Å²) in [6, 6.07) is 5.47. The van der Waals surface area contributed by atoms with E-state index in [0.29, 0.717) is 30.9 Å². The first kappa shape index (κ1) is 14.9. The lowest BCUT2D eigenvalue weighted by molar-refractivity contribution is 0.0978. The first-order valence-electron chi connectivity index (χ1n) is 7.44. The maximum Gasteiger partial charge on any atom is 0.163 e. The van der Waals surface area contributed by atoms with Gasteiger partial charge in [-0.3, -0.25) is 4.79 Å². The highest BCUT2D eigenvalue weighted by Crippen LogP contribution is 2.30. The summed E-state index contributed by atoms with van der Waals surface area (Å²) in [5, 5.41) is 0. The SMILES string of the molecule is NCCCCCCC(=O)c1ccc2c(c1)OCCCO2. The molecule has 110 valence electrons. The van der Waals surface area contributed by atoms with Gasteiger partial charge in [0, 0.05) is 18.4 Å². The third-order valence-corrected chi connectivity index (χ3v) is 3.43. The van der Waals surface area contributed by atoms with Crippen LogP contribution in [0.2, 0.25) is 0 Å². The van der Waals surface area contributed by atoms with Crippen LogP contribution < -0.4 is 15.2 Å². The third-order valence-electron chi connectivity index (χ3n) is 3.43. The van der Waals surface area contributed by atoms with Gasteiger partial charge in [-0.15, -0.1) is 0 Å². The second-order valence-corrected chi connectivity index (χ2v) is 5.09. The molecule has 0 aromatic heterocycles. The Morgan fingerprint density at radius 3 is 2.60 bits per heavy atom. The molecule has 1 aromatic rings. The van der Waals surface area contributed by atoms with E-state index >= 15 is 0 Å². The van der Waals surface area contributed by atoms with Gasteiger partial charge in [0.05, 0.1) is 13.2 Å². The second-order valence-electron chi connectivity index (χ2n) is 5.09. The van der Waals surface area contributed by atoms with Crippen molar-refractivity contribution in [3.8, 4) is 11.5 Å². The molecule has 0 amide bonds. The van der Waals surface area contributed by atoms with Crippen molar-refractivity contribution < 1.29 is 14.3 Å². The van der Waals surface area contributed by atoms with E-state index in [4.69, 9.17) is 15.2 Å². The van der Waals surface area contributed by atoms with E-state index in [1.807, 2.05) is 18.2 Å². The Balaban J connectivity index is 1.88. The molecule has 1 aliphatic rings. The van der Waals surface area contributed by atoms with E-state index in [2.05, 4.69) is 0 Å². The molecule has 1 heterocycles. The summed E-state index contributed by atoms with van der Waals surface area (Å²) in [6.07, 6.45) is 5.59. The highest BCUT2D eigenvalue weighted by Gasteiger charge is 2.13. The number of ketones is 1. The average Bonchev–Trinajstić information content (AvgIpc) is 2.71. The minimum absolute atomic E-state index is 0.174. The molecular formula is C16H23NO3. The summed E-state index contributed by atoms with van der Waals surface area (Å²) in [7, 11) is 0. The number of carbonyl (C=O) groups is 1. The zero-order chi connectivity index (χ0) is 14.2. The Hall–Kier alpha value is -1.55. The van der Waals surface area contributed by atoms with Crippen LogP contribution in [0.5, 0.6) is 11.5 Å². The van der Waals surface area contributed by atoms with E-state index in [9.17, 15) is 4.79 Å². The van der Waals surface area contributed by atoms with E-state index < -0.39 is 0 Å². The van der Waals surface area contributed by atoms with Crippen molar-refractivity contribution in [2.45, 2.75) is 38.5 Å². The molecule has 4 nitrogen and oxygen atoms in total. The minimum atomic E-state index is 0.174. The topological polar surface area (TPSA) is 61.6 Å². The fraction of sp³-hybridized carbons (Fsp3) is 0.562. The van der Waals surface area contributed by atoms with Crippen LogP contribution in [0, 0.1) is 0 Å². The van der Waals surface area contributed by atoms with Gasteiger partial charge in [-0.25, -0.2) is 0 Å². The number of Topliss-reactive ketones (excluding diaryl/α,β-unsaturated/α-hetero) is 1. The highest BCUT2D eigenvalue weighted by atomic mass is 16.5. The highest BCUT2D eigenvalue weighted by molar-refractivity contribution is 5.96. The van der Waals surface area contributed by atoms with Crippen molar-refractivity contribution in [2.24, 2.45) is 5.73 Å². The molecule has 2 rings (SSSR count). The Bertz CT molecular complexity index is 445. The van der Waals surface area contributed by atoms with Crippen LogP contribution in [0.25, 0.3) is 0 Å². The Morgan fingerprint density at radius 2 is 1.80 bits per heavy atom. The molecule has 20 heavy (non-hydrogen) atoms. The summed E-state index contributed by atoms with van der Waals surface area (Å²) in [5.41, 5.74) is 6.16. The molecule has 0 atom stereocenters. The molecule has 0 saturated heterocycles. The third kappa shape index (κ3) is 4.23.